The van der Waals surface area contributed by atoms with E-state index >= 15 is 0 Å². The fraction of sp³-hybridized carbons (Fsp3) is 0.722. The summed E-state index contributed by atoms with van der Waals surface area (Å²) in [7, 11) is 0. The van der Waals surface area contributed by atoms with Crippen molar-refractivity contribution in [1.82, 2.24) is 20.7 Å². The Bertz CT molecular complexity index is 603. The van der Waals surface area contributed by atoms with Crippen LogP contribution in [0.15, 0.2) is 10.6 Å². The Balaban J connectivity index is 1.41. The summed E-state index contributed by atoms with van der Waals surface area (Å²) in [5, 5.41) is 10.0. The second-order valence-corrected chi connectivity index (χ2v) is 7.29. The molecule has 2 fully saturated rings. The van der Waals surface area contributed by atoms with Gasteiger partial charge in [0.1, 0.15) is 0 Å². The molecule has 3 rings (SSSR count). The molecule has 1 saturated heterocycles. The molecule has 2 amide bonds. The Morgan fingerprint density at radius 3 is 2.56 bits per heavy atom. The number of hydrogen-bond donors (Lipinski definition) is 2. The van der Waals surface area contributed by atoms with Gasteiger partial charge in [-0.1, -0.05) is 19.0 Å². The van der Waals surface area contributed by atoms with Crippen molar-refractivity contribution in [3.63, 3.8) is 0 Å². The Hall–Kier alpha value is -1.89. The Labute approximate surface area is 148 Å². The molecule has 0 unspecified atom stereocenters. The van der Waals surface area contributed by atoms with Crippen LogP contribution in [0.1, 0.15) is 68.1 Å². The van der Waals surface area contributed by atoms with Crippen LogP contribution in [0.3, 0.4) is 0 Å². The summed E-state index contributed by atoms with van der Waals surface area (Å²) in [6, 6.07) is 2.26. The lowest BCUT2D eigenvalue weighted by Gasteiger charge is -2.31. The standard InChI is InChI=1S/C18H28N4O3/c1-3-12(2)15-10-16(25-21-15)18(24)20-14-6-8-22(9-7-14)11-17(23)19-13-4-5-13/h10,12-14H,3-9,11H2,1-2H3,(H,19,23)(H,20,24)/t12-/m1/s1. The van der Waals surface area contributed by atoms with Gasteiger partial charge in [-0.05, 0) is 32.1 Å². The lowest BCUT2D eigenvalue weighted by molar-refractivity contribution is -0.122. The van der Waals surface area contributed by atoms with Gasteiger partial charge in [0, 0.05) is 37.2 Å². The van der Waals surface area contributed by atoms with Crippen molar-refractivity contribution in [2.45, 2.75) is 64.0 Å². The Morgan fingerprint density at radius 2 is 1.92 bits per heavy atom. The van der Waals surface area contributed by atoms with E-state index in [1.165, 1.54) is 0 Å². The minimum absolute atomic E-state index is 0.115. The van der Waals surface area contributed by atoms with Crippen LogP contribution in [-0.2, 0) is 4.79 Å². The summed E-state index contributed by atoms with van der Waals surface area (Å²) in [6.45, 7) is 6.24. The van der Waals surface area contributed by atoms with Crippen molar-refractivity contribution in [3.8, 4) is 0 Å². The van der Waals surface area contributed by atoms with Gasteiger partial charge in [-0.2, -0.15) is 0 Å². The van der Waals surface area contributed by atoms with Crippen LogP contribution >= 0.6 is 0 Å². The molecule has 25 heavy (non-hydrogen) atoms. The van der Waals surface area contributed by atoms with Crippen molar-refractivity contribution in [2.24, 2.45) is 0 Å². The van der Waals surface area contributed by atoms with Gasteiger partial charge in [0.05, 0.1) is 12.2 Å². The number of hydrogen-bond acceptors (Lipinski definition) is 5. The first-order valence-corrected chi connectivity index (χ1v) is 9.34. The van der Waals surface area contributed by atoms with E-state index in [-0.39, 0.29) is 29.5 Å². The summed E-state index contributed by atoms with van der Waals surface area (Å²) in [6.07, 6.45) is 4.87. The maximum Gasteiger partial charge on any atom is 0.290 e. The van der Waals surface area contributed by atoms with E-state index < -0.39 is 0 Å². The SMILES string of the molecule is CC[C@@H](C)c1cc(C(=O)NC2CCN(CC(=O)NC3CC3)CC2)on1. The molecule has 1 saturated carbocycles. The van der Waals surface area contributed by atoms with E-state index in [4.69, 9.17) is 4.52 Å². The molecular weight excluding hydrogens is 320 g/mol. The summed E-state index contributed by atoms with van der Waals surface area (Å²) < 4.78 is 5.18. The molecular formula is C18H28N4O3. The minimum atomic E-state index is -0.202. The van der Waals surface area contributed by atoms with Gasteiger partial charge < -0.3 is 15.2 Å². The van der Waals surface area contributed by atoms with Crippen LogP contribution in [0, 0.1) is 0 Å². The molecule has 7 heteroatoms. The summed E-state index contributed by atoms with van der Waals surface area (Å²) in [4.78, 5) is 26.3. The lowest BCUT2D eigenvalue weighted by atomic mass is 10.0. The highest BCUT2D eigenvalue weighted by Crippen LogP contribution is 2.19. The Kier molecular flexibility index (Phi) is 5.73. The first-order valence-electron chi connectivity index (χ1n) is 9.34. The van der Waals surface area contributed by atoms with Crippen molar-refractivity contribution in [2.75, 3.05) is 19.6 Å². The summed E-state index contributed by atoms with van der Waals surface area (Å²) in [5.74, 6) is 0.480. The average molecular weight is 348 g/mol. The average Bonchev–Trinajstić information content (AvgIpc) is 3.26. The van der Waals surface area contributed by atoms with Crippen LogP contribution in [0.4, 0.5) is 0 Å². The predicted octanol–water partition coefficient (Wildman–Crippen LogP) is 1.66. The van der Waals surface area contributed by atoms with E-state index in [1.54, 1.807) is 6.07 Å². The third-order valence-corrected chi connectivity index (χ3v) is 5.10. The molecule has 2 aliphatic rings. The van der Waals surface area contributed by atoms with Crippen LogP contribution in [-0.4, -0.2) is 53.6 Å². The van der Waals surface area contributed by atoms with Gasteiger partial charge >= 0.3 is 0 Å². The lowest BCUT2D eigenvalue weighted by Crippen LogP contribution is -2.47. The van der Waals surface area contributed by atoms with E-state index in [9.17, 15) is 9.59 Å². The van der Waals surface area contributed by atoms with Crippen molar-refractivity contribution < 1.29 is 14.1 Å². The number of likely N-dealkylation sites (tertiary alicyclic amines) is 1. The maximum absolute atomic E-state index is 12.3. The highest BCUT2D eigenvalue weighted by atomic mass is 16.5. The monoisotopic (exact) mass is 348 g/mol. The Morgan fingerprint density at radius 1 is 1.24 bits per heavy atom. The molecule has 2 heterocycles. The van der Waals surface area contributed by atoms with Crippen molar-refractivity contribution in [1.29, 1.82) is 0 Å². The van der Waals surface area contributed by atoms with Crippen LogP contribution in [0.2, 0.25) is 0 Å². The molecule has 1 aliphatic heterocycles. The molecule has 138 valence electrons. The van der Waals surface area contributed by atoms with Gasteiger partial charge in [0.25, 0.3) is 5.91 Å². The zero-order valence-electron chi connectivity index (χ0n) is 15.1. The molecule has 0 bridgehead atoms. The van der Waals surface area contributed by atoms with E-state index in [2.05, 4.69) is 34.5 Å². The normalized spacial score (nSPS) is 20.2. The number of carbonyl (C=O) groups excluding carboxylic acids is 2. The van der Waals surface area contributed by atoms with Gasteiger partial charge in [0.2, 0.25) is 11.7 Å². The first kappa shape index (κ1) is 17.9. The summed E-state index contributed by atoms with van der Waals surface area (Å²) >= 11 is 0. The third kappa shape index (κ3) is 5.04. The number of nitrogens with one attached hydrogen (secondary N) is 2. The van der Waals surface area contributed by atoms with Crippen LogP contribution < -0.4 is 10.6 Å². The quantitative estimate of drug-likeness (QED) is 0.782. The van der Waals surface area contributed by atoms with E-state index in [0.717, 1.165) is 50.9 Å². The molecule has 0 radical (unpaired) electrons. The number of nitrogens with zero attached hydrogens (tertiary/aromatic N) is 2. The fourth-order valence-electron chi connectivity index (χ4n) is 3.03. The maximum atomic E-state index is 12.3. The molecule has 0 aromatic carbocycles. The van der Waals surface area contributed by atoms with Gasteiger partial charge in [-0.25, -0.2) is 0 Å². The zero-order chi connectivity index (χ0) is 17.8. The van der Waals surface area contributed by atoms with Gasteiger partial charge in [-0.15, -0.1) is 0 Å². The van der Waals surface area contributed by atoms with E-state index in [1.807, 2.05) is 0 Å². The molecule has 0 spiro atoms. The number of aromatic nitrogens is 1. The van der Waals surface area contributed by atoms with Crippen LogP contribution in [0.25, 0.3) is 0 Å². The fourth-order valence-corrected chi connectivity index (χ4v) is 3.03. The summed E-state index contributed by atoms with van der Waals surface area (Å²) in [5.41, 5.74) is 0.823. The second kappa shape index (κ2) is 7.99. The topological polar surface area (TPSA) is 87.5 Å². The largest absolute Gasteiger partial charge is 0.352 e. The van der Waals surface area contributed by atoms with Crippen molar-refractivity contribution in [3.05, 3.63) is 17.5 Å². The zero-order valence-corrected chi connectivity index (χ0v) is 15.1. The smallest absolute Gasteiger partial charge is 0.290 e. The molecule has 2 N–H and O–H groups in total. The number of rotatable bonds is 7. The van der Waals surface area contributed by atoms with Gasteiger partial charge in [0.15, 0.2) is 0 Å². The molecule has 1 aromatic heterocycles. The minimum Gasteiger partial charge on any atom is -0.352 e. The molecule has 1 aromatic rings. The first-order chi connectivity index (χ1) is 12.0. The number of amides is 2. The molecule has 1 atom stereocenters. The highest BCUT2D eigenvalue weighted by molar-refractivity contribution is 5.91. The second-order valence-electron chi connectivity index (χ2n) is 7.29. The third-order valence-electron chi connectivity index (χ3n) is 5.10. The van der Waals surface area contributed by atoms with Crippen LogP contribution in [0.5, 0.6) is 0 Å². The predicted molar refractivity (Wildman–Crippen MR) is 93.3 cm³/mol. The van der Waals surface area contributed by atoms with Gasteiger partial charge in [-0.3, -0.25) is 14.5 Å². The van der Waals surface area contributed by atoms with Crippen molar-refractivity contribution >= 4 is 11.8 Å². The number of carbonyl (C=O) groups is 2. The highest BCUT2D eigenvalue weighted by Gasteiger charge is 2.27. The van der Waals surface area contributed by atoms with E-state index in [0.29, 0.717) is 12.6 Å². The molecule has 1 aliphatic carbocycles. The number of piperidine rings is 1. The molecule has 7 nitrogen and oxygen atoms in total.